The lowest BCUT2D eigenvalue weighted by Crippen LogP contribution is -2.35. The van der Waals surface area contributed by atoms with E-state index in [9.17, 15) is 13.2 Å². The number of amides is 1. The van der Waals surface area contributed by atoms with Crippen molar-refractivity contribution in [3.63, 3.8) is 0 Å². The Bertz CT molecular complexity index is 1060. The molecule has 0 fully saturated rings. The Morgan fingerprint density at radius 3 is 2.52 bits per heavy atom. The first-order valence-corrected chi connectivity index (χ1v) is 10.5. The summed E-state index contributed by atoms with van der Waals surface area (Å²) in [5, 5.41) is 2.72. The molecule has 7 nitrogen and oxygen atoms in total. The Balaban J connectivity index is 1.73. The standard InChI is InChI=1S/C18H20N4O3S2/c1-12(2)13-7-9-14(10-8-13)19-17(23)11-22(3)27(24,25)16-6-4-5-15-18(16)21-26-20-15/h4-10,12H,11H2,1-3H3,(H,19,23). The van der Waals surface area contributed by atoms with Crippen LogP contribution < -0.4 is 5.32 Å². The fourth-order valence-electron chi connectivity index (χ4n) is 2.60. The number of rotatable bonds is 6. The molecule has 9 heteroatoms. The zero-order chi connectivity index (χ0) is 19.6. The summed E-state index contributed by atoms with van der Waals surface area (Å²) in [6.07, 6.45) is 0. The third-order valence-electron chi connectivity index (χ3n) is 4.16. The second kappa shape index (κ2) is 7.71. The second-order valence-corrected chi connectivity index (χ2v) is 9.02. The van der Waals surface area contributed by atoms with Crippen molar-refractivity contribution in [2.24, 2.45) is 0 Å². The normalized spacial score (nSPS) is 12.0. The number of nitrogens with zero attached hydrogens (tertiary/aromatic N) is 3. The molecule has 27 heavy (non-hydrogen) atoms. The summed E-state index contributed by atoms with van der Waals surface area (Å²) in [5.41, 5.74) is 2.63. The molecule has 0 bridgehead atoms. The molecule has 3 aromatic rings. The Labute approximate surface area is 162 Å². The van der Waals surface area contributed by atoms with Gasteiger partial charge in [-0.15, -0.1) is 0 Å². The molecule has 3 rings (SSSR count). The molecule has 0 saturated carbocycles. The first-order chi connectivity index (χ1) is 12.8. The summed E-state index contributed by atoms with van der Waals surface area (Å²) >= 11 is 0.951. The van der Waals surface area contributed by atoms with E-state index in [0.29, 0.717) is 22.6 Å². The highest BCUT2D eigenvalue weighted by Gasteiger charge is 2.26. The van der Waals surface area contributed by atoms with Gasteiger partial charge in [-0.25, -0.2) is 8.42 Å². The molecule has 0 atom stereocenters. The predicted octanol–water partition coefficient (Wildman–Crippen LogP) is 3.07. The third kappa shape index (κ3) is 4.15. The van der Waals surface area contributed by atoms with Crippen LogP contribution in [0.5, 0.6) is 0 Å². The highest BCUT2D eigenvalue weighted by atomic mass is 32.2. The van der Waals surface area contributed by atoms with Crippen LogP contribution in [0.3, 0.4) is 0 Å². The monoisotopic (exact) mass is 404 g/mol. The van der Waals surface area contributed by atoms with Crippen LogP contribution in [0.1, 0.15) is 25.3 Å². The molecule has 142 valence electrons. The predicted molar refractivity (Wildman–Crippen MR) is 106 cm³/mol. The maximum atomic E-state index is 12.8. The fourth-order valence-corrected chi connectivity index (χ4v) is 4.47. The van der Waals surface area contributed by atoms with Crippen molar-refractivity contribution in [3.05, 3.63) is 48.0 Å². The number of carbonyl (C=O) groups is 1. The highest BCUT2D eigenvalue weighted by molar-refractivity contribution is 7.89. The van der Waals surface area contributed by atoms with E-state index in [2.05, 4.69) is 27.9 Å². The van der Waals surface area contributed by atoms with Crippen molar-refractivity contribution < 1.29 is 13.2 Å². The Morgan fingerprint density at radius 2 is 1.85 bits per heavy atom. The smallest absolute Gasteiger partial charge is 0.245 e. The van der Waals surface area contributed by atoms with Crippen LogP contribution in [0.25, 0.3) is 11.0 Å². The number of nitrogens with one attached hydrogen (secondary N) is 1. The molecular weight excluding hydrogens is 384 g/mol. The molecule has 0 aliphatic carbocycles. The van der Waals surface area contributed by atoms with Crippen LogP contribution in [-0.2, 0) is 14.8 Å². The Kier molecular flexibility index (Phi) is 5.54. The largest absolute Gasteiger partial charge is 0.325 e. The van der Waals surface area contributed by atoms with Crippen LogP contribution in [-0.4, -0.2) is 41.0 Å². The summed E-state index contributed by atoms with van der Waals surface area (Å²) in [5.74, 6) is -0.0177. The number of carbonyl (C=O) groups excluding carboxylic acids is 1. The molecule has 0 saturated heterocycles. The van der Waals surface area contributed by atoms with E-state index in [0.717, 1.165) is 21.6 Å². The molecule has 0 radical (unpaired) electrons. The Hall–Kier alpha value is -2.36. The first-order valence-electron chi connectivity index (χ1n) is 8.36. The number of aromatic nitrogens is 2. The average molecular weight is 405 g/mol. The van der Waals surface area contributed by atoms with Crippen molar-refractivity contribution in [2.45, 2.75) is 24.7 Å². The summed E-state index contributed by atoms with van der Waals surface area (Å²) in [6.45, 7) is 3.87. The van der Waals surface area contributed by atoms with Gasteiger partial charge in [-0.3, -0.25) is 4.79 Å². The lowest BCUT2D eigenvalue weighted by Gasteiger charge is -2.17. The highest BCUT2D eigenvalue weighted by Crippen LogP contribution is 2.23. The van der Waals surface area contributed by atoms with Gasteiger partial charge < -0.3 is 5.32 Å². The van der Waals surface area contributed by atoms with Crippen molar-refractivity contribution in [1.29, 1.82) is 0 Å². The third-order valence-corrected chi connectivity index (χ3v) is 6.54. The van der Waals surface area contributed by atoms with E-state index in [1.807, 2.05) is 24.3 Å². The quantitative estimate of drug-likeness (QED) is 0.682. The van der Waals surface area contributed by atoms with Gasteiger partial charge in [-0.1, -0.05) is 32.0 Å². The van der Waals surface area contributed by atoms with Crippen LogP contribution in [0.4, 0.5) is 5.69 Å². The lowest BCUT2D eigenvalue weighted by atomic mass is 10.0. The molecule has 1 heterocycles. The van der Waals surface area contributed by atoms with Crippen LogP contribution in [0.2, 0.25) is 0 Å². The molecule has 0 unspecified atom stereocenters. The van der Waals surface area contributed by atoms with Crippen molar-refractivity contribution in [3.8, 4) is 0 Å². The minimum Gasteiger partial charge on any atom is -0.325 e. The van der Waals surface area contributed by atoms with Gasteiger partial charge in [0.2, 0.25) is 15.9 Å². The SMILES string of the molecule is CC(C)c1ccc(NC(=O)CN(C)S(=O)(=O)c2cccc3nsnc23)cc1. The van der Waals surface area contributed by atoms with Gasteiger partial charge in [-0.2, -0.15) is 13.1 Å². The summed E-state index contributed by atoms with van der Waals surface area (Å²) < 4.78 is 34.8. The molecule has 0 aliphatic rings. The number of hydrogen-bond donors (Lipinski definition) is 1. The summed E-state index contributed by atoms with van der Waals surface area (Å²) in [6, 6.07) is 12.3. The van der Waals surface area contributed by atoms with E-state index in [1.165, 1.54) is 13.1 Å². The molecular formula is C18H20N4O3S2. The lowest BCUT2D eigenvalue weighted by molar-refractivity contribution is -0.116. The van der Waals surface area contributed by atoms with Gasteiger partial charge in [0, 0.05) is 12.7 Å². The molecule has 1 N–H and O–H groups in total. The van der Waals surface area contributed by atoms with E-state index in [1.54, 1.807) is 12.1 Å². The number of likely N-dealkylation sites (N-methyl/N-ethyl adjacent to an activating group) is 1. The zero-order valence-electron chi connectivity index (χ0n) is 15.2. The molecule has 0 spiro atoms. The van der Waals surface area contributed by atoms with E-state index >= 15 is 0 Å². The number of fused-ring (bicyclic) bond motifs is 1. The van der Waals surface area contributed by atoms with Crippen LogP contribution >= 0.6 is 11.7 Å². The topological polar surface area (TPSA) is 92.3 Å². The zero-order valence-corrected chi connectivity index (χ0v) is 16.8. The van der Waals surface area contributed by atoms with E-state index in [-0.39, 0.29) is 11.4 Å². The molecule has 1 amide bonds. The number of anilines is 1. The van der Waals surface area contributed by atoms with E-state index < -0.39 is 15.9 Å². The van der Waals surface area contributed by atoms with Gasteiger partial charge in [0.05, 0.1) is 18.3 Å². The molecule has 2 aromatic carbocycles. The Morgan fingerprint density at radius 1 is 1.15 bits per heavy atom. The number of sulfonamides is 1. The first kappa shape index (κ1) is 19.4. The number of benzene rings is 2. The van der Waals surface area contributed by atoms with Crippen LogP contribution in [0.15, 0.2) is 47.4 Å². The maximum Gasteiger partial charge on any atom is 0.245 e. The van der Waals surface area contributed by atoms with Gasteiger partial charge in [-0.05, 0) is 35.7 Å². The maximum absolute atomic E-state index is 12.8. The van der Waals surface area contributed by atoms with Gasteiger partial charge in [0.1, 0.15) is 15.9 Å². The van der Waals surface area contributed by atoms with Crippen LogP contribution in [0, 0.1) is 0 Å². The van der Waals surface area contributed by atoms with Crippen molar-refractivity contribution in [1.82, 2.24) is 13.1 Å². The van der Waals surface area contributed by atoms with Gasteiger partial charge in [0.15, 0.2) is 0 Å². The summed E-state index contributed by atoms with van der Waals surface area (Å²) in [4.78, 5) is 12.3. The van der Waals surface area contributed by atoms with Gasteiger partial charge >= 0.3 is 0 Å². The molecule has 1 aromatic heterocycles. The van der Waals surface area contributed by atoms with Gasteiger partial charge in [0.25, 0.3) is 0 Å². The number of hydrogen-bond acceptors (Lipinski definition) is 6. The minimum absolute atomic E-state index is 0.0466. The van der Waals surface area contributed by atoms with Crippen molar-refractivity contribution in [2.75, 3.05) is 18.9 Å². The minimum atomic E-state index is -3.86. The van der Waals surface area contributed by atoms with E-state index in [4.69, 9.17) is 0 Å². The molecule has 0 aliphatic heterocycles. The second-order valence-electron chi connectivity index (χ2n) is 6.47. The fraction of sp³-hybridized carbons (Fsp3) is 0.278. The summed E-state index contributed by atoms with van der Waals surface area (Å²) in [7, 11) is -2.49. The van der Waals surface area contributed by atoms with Crippen molar-refractivity contribution >= 4 is 44.4 Å². The average Bonchev–Trinajstić information content (AvgIpc) is 3.10.